The molecule has 0 aliphatic heterocycles. The Morgan fingerprint density at radius 1 is 1.50 bits per heavy atom. The summed E-state index contributed by atoms with van der Waals surface area (Å²) in [4.78, 5) is 1.46. The minimum atomic E-state index is 0.270. The van der Waals surface area contributed by atoms with E-state index in [1.165, 1.54) is 35.3 Å². The van der Waals surface area contributed by atoms with Crippen LogP contribution in [0.5, 0.6) is 0 Å². The molecule has 0 spiro atoms. The van der Waals surface area contributed by atoms with E-state index in [4.69, 9.17) is 17.3 Å². The summed E-state index contributed by atoms with van der Waals surface area (Å²) in [6.07, 6.45) is 3.71. The molecule has 1 heterocycles. The van der Waals surface area contributed by atoms with Crippen LogP contribution in [0.4, 0.5) is 0 Å². The van der Waals surface area contributed by atoms with Crippen molar-refractivity contribution in [3.05, 3.63) is 20.3 Å². The number of hydrogen-bond acceptors (Lipinski definition) is 2. The lowest BCUT2D eigenvalue weighted by molar-refractivity contribution is 0.433. The maximum Gasteiger partial charge on any atom is 0.0979 e. The predicted molar refractivity (Wildman–Crippen MR) is 63.2 cm³/mol. The first kappa shape index (κ1) is 10.5. The molecule has 0 radical (unpaired) electrons. The molecule has 2 rings (SSSR count). The van der Waals surface area contributed by atoms with Gasteiger partial charge in [-0.05, 0) is 35.8 Å². The van der Waals surface area contributed by atoms with Gasteiger partial charge in [-0.15, -0.1) is 11.3 Å². The van der Waals surface area contributed by atoms with Gasteiger partial charge in [0.15, 0.2) is 0 Å². The van der Waals surface area contributed by atoms with E-state index in [0.29, 0.717) is 6.54 Å². The van der Waals surface area contributed by atoms with E-state index in [2.05, 4.69) is 13.8 Å². The van der Waals surface area contributed by atoms with Gasteiger partial charge in [-0.2, -0.15) is 0 Å². The lowest BCUT2D eigenvalue weighted by Crippen LogP contribution is -2.24. The van der Waals surface area contributed by atoms with Crippen LogP contribution in [-0.2, 0) is 18.4 Å². The Kier molecular flexibility index (Phi) is 2.63. The average Bonchev–Trinajstić information content (AvgIpc) is 2.41. The molecule has 1 aromatic heterocycles. The molecule has 0 fully saturated rings. The zero-order valence-electron chi connectivity index (χ0n) is 8.69. The summed E-state index contributed by atoms with van der Waals surface area (Å²) in [6, 6.07) is 0. The molecule has 0 saturated heterocycles. The van der Waals surface area contributed by atoms with Crippen LogP contribution in [0.2, 0.25) is 4.34 Å². The van der Waals surface area contributed by atoms with Gasteiger partial charge in [0.2, 0.25) is 0 Å². The van der Waals surface area contributed by atoms with Crippen LogP contribution in [0.3, 0.4) is 0 Å². The van der Waals surface area contributed by atoms with Crippen LogP contribution < -0.4 is 5.73 Å². The number of fused-ring (bicyclic) bond motifs is 1. The smallest absolute Gasteiger partial charge is 0.0979 e. The van der Waals surface area contributed by atoms with Crippen LogP contribution >= 0.6 is 22.9 Å². The highest BCUT2D eigenvalue weighted by Crippen LogP contribution is 2.45. The van der Waals surface area contributed by atoms with Crippen LogP contribution in [0.15, 0.2) is 0 Å². The van der Waals surface area contributed by atoms with Gasteiger partial charge in [0.1, 0.15) is 0 Å². The maximum atomic E-state index is 6.20. The van der Waals surface area contributed by atoms with Gasteiger partial charge in [-0.3, -0.25) is 0 Å². The third-order valence-electron chi connectivity index (χ3n) is 3.12. The summed E-state index contributed by atoms with van der Waals surface area (Å²) in [6.45, 7) is 5.18. The quantitative estimate of drug-likeness (QED) is 0.784. The minimum Gasteiger partial charge on any atom is -0.326 e. The van der Waals surface area contributed by atoms with Crippen molar-refractivity contribution < 1.29 is 0 Å². The van der Waals surface area contributed by atoms with E-state index in [9.17, 15) is 0 Å². The van der Waals surface area contributed by atoms with Crippen molar-refractivity contribution in [3.8, 4) is 0 Å². The van der Waals surface area contributed by atoms with Crippen LogP contribution in [0.25, 0.3) is 0 Å². The second-order valence-electron chi connectivity index (χ2n) is 4.59. The monoisotopic (exact) mass is 229 g/mol. The second kappa shape index (κ2) is 3.51. The molecule has 0 bridgehead atoms. The molecule has 0 atom stereocenters. The molecular weight excluding hydrogens is 214 g/mol. The number of thiophene rings is 1. The zero-order chi connectivity index (χ0) is 10.3. The molecule has 1 aliphatic rings. The van der Waals surface area contributed by atoms with Gasteiger partial charge in [-0.1, -0.05) is 25.4 Å². The summed E-state index contributed by atoms with van der Waals surface area (Å²) < 4.78 is 0.910. The minimum absolute atomic E-state index is 0.270. The van der Waals surface area contributed by atoms with Gasteiger partial charge < -0.3 is 5.73 Å². The zero-order valence-corrected chi connectivity index (χ0v) is 10.3. The van der Waals surface area contributed by atoms with Gasteiger partial charge in [0, 0.05) is 11.4 Å². The Hall–Kier alpha value is -0.0500. The summed E-state index contributed by atoms with van der Waals surface area (Å²) in [7, 11) is 0. The third-order valence-corrected chi connectivity index (χ3v) is 4.66. The van der Waals surface area contributed by atoms with Crippen LogP contribution in [-0.4, -0.2) is 0 Å². The van der Waals surface area contributed by atoms with Gasteiger partial charge in [-0.25, -0.2) is 0 Å². The Morgan fingerprint density at radius 2 is 2.21 bits per heavy atom. The highest BCUT2D eigenvalue weighted by Gasteiger charge is 2.32. The van der Waals surface area contributed by atoms with Gasteiger partial charge in [0.05, 0.1) is 4.34 Å². The predicted octanol–water partition coefficient (Wildman–Crippen LogP) is 3.47. The summed E-state index contributed by atoms with van der Waals surface area (Å²) >= 11 is 7.93. The summed E-state index contributed by atoms with van der Waals surface area (Å²) in [5, 5.41) is 0. The van der Waals surface area contributed by atoms with E-state index in [0.717, 1.165) is 4.34 Å². The molecule has 0 aromatic carbocycles. The number of hydrogen-bond donors (Lipinski definition) is 1. The fourth-order valence-electron chi connectivity index (χ4n) is 2.45. The van der Waals surface area contributed by atoms with Crippen molar-refractivity contribution in [2.24, 2.45) is 5.73 Å². The Labute approximate surface area is 94.3 Å². The lowest BCUT2D eigenvalue weighted by atomic mass is 9.74. The Morgan fingerprint density at radius 3 is 2.86 bits per heavy atom. The molecular formula is C11H16ClNS. The van der Waals surface area contributed by atoms with Crippen LogP contribution in [0.1, 0.15) is 42.7 Å². The SMILES string of the molecule is CC1(C)CCCc2sc(Cl)c(CN)c21. The Balaban J connectivity index is 2.59. The summed E-state index contributed by atoms with van der Waals surface area (Å²) in [5.41, 5.74) is 8.67. The van der Waals surface area contributed by atoms with E-state index in [-0.39, 0.29) is 5.41 Å². The number of nitrogens with two attached hydrogens (primary N) is 1. The Bertz CT molecular complexity index is 354. The lowest BCUT2D eigenvalue weighted by Gasteiger charge is -2.31. The molecule has 78 valence electrons. The van der Waals surface area contributed by atoms with Gasteiger partial charge >= 0.3 is 0 Å². The first-order valence-electron chi connectivity index (χ1n) is 5.07. The van der Waals surface area contributed by atoms with Crippen molar-refractivity contribution in [1.82, 2.24) is 0 Å². The number of aryl methyl sites for hydroxylation is 1. The number of rotatable bonds is 1. The van der Waals surface area contributed by atoms with Crippen molar-refractivity contribution in [2.75, 3.05) is 0 Å². The van der Waals surface area contributed by atoms with E-state index in [1.54, 1.807) is 11.3 Å². The van der Waals surface area contributed by atoms with E-state index in [1.807, 2.05) is 0 Å². The second-order valence-corrected chi connectivity index (χ2v) is 6.30. The first-order chi connectivity index (χ1) is 6.56. The number of halogens is 1. The molecule has 1 aliphatic carbocycles. The fourth-order valence-corrected chi connectivity index (χ4v) is 4.17. The topological polar surface area (TPSA) is 26.0 Å². The van der Waals surface area contributed by atoms with Crippen molar-refractivity contribution in [2.45, 2.75) is 45.1 Å². The average molecular weight is 230 g/mol. The molecule has 3 heteroatoms. The van der Waals surface area contributed by atoms with E-state index < -0.39 is 0 Å². The van der Waals surface area contributed by atoms with Gasteiger partial charge in [0.25, 0.3) is 0 Å². The van der Waals surface area contributed by atoms with Crippen LogP contribution in [0, 0.1) is 0 Å². The molecule has 0 amide bonds. The van der Waals surface area contributed by atoms with Crippen molar-refractivity contribution in [1.29, 1.82) is 0 Å². The first-order valence-corrected chi connectivity index (χ1v) is 6.26. The molecule has 1 nitrogen and oxygen atoms in total. The van der Waals surface area contributed by atoms with Crippen molar-refractivity contribution in [3.63, 3.8) is 0 Å². The normalized spacial score (nSPS) is 19.4. The highest BCUT2D eigenvalue weighted by atomic mass is 35.5. The molecule has 14 heavy (non-hydrogen) atoms. The largest absolute Gasteiger partial charge is 0.326 e. The fraction of sp³-hybridized carbons (Fsp3) is 0.636. The standard InChI is InChI=1S/C11H16ClNS/c1-11(2)5-3-4-8-9(11)7(6-13)10(12)14-8/h3-6,13H2,1-2H3. The highest BCUT2D eigenvalue weighted by molar-refractivity contribution is 7.16. The van der Waals surface area contributed by atoms with E-state index >= 15 is 0 Å². The molecule has 1 aromatic rings. The van der Waals surface area contributed by atoms with Crippen molar-refractivity contribution >= 4 is 22.9 Å². The maximum absolute atomic E-state index is 6.20. The summed E-state index contributed by atoms with van der Waals surface area (Å²) in [5.74, 6) is 0. The molecule has 0 saturated carbocycles. The molecule has 0 unspecified atom stereocenters. The third kappa shape index (κ3) is 1.50. The molecule has 2 N–H and O–H groups in total.